The normalized spacial score (nSPS) is 22.8. The molecule has 0 aliphatic carbocycles. The number of carbonyl (C=O) groups is 1. The summed E-state index contributed by atoms with van der Waals surface area (Å²) in [5, 5.41) is 9.78. The molecule has 6 nitrogen and oxygen atoms in total. The quantitative estimate of drug-likeness (QED) is 0.885. The van der Waals surface area contributed by atoms with Gasteiger partial charge in [-0.15, -0.1) is 0 Å². The molecule has 2 saturated heterocycles. The first-order valence-electron chi connectivity index (χ1n) is 9.73. The molecule has 1 amide bonds. The third-order valence-corrected chi connectivity index (χ3v) is 5.90. The number of aromatic amines is 1. The maximum absolute atomic E-state index is 11.9. The lowest BCUT2D eigenvalue weighted by Gasteiger charge is -2.33. The number of aliphatic hydroxyl groups is 1. The van der Waals surface area contributed by atoms with Crippen LogP contribution >= 0.6 is 0 Å². The molecular weight excluding hydrogens is 328 g/mol. The van der Waals surface area contributed by atoms with Crippen molar-refractivity contribution in [3.05, 3.63) is 29.6 Å². The van der Waals surface area contributed by atoms with Crippen molar-refractivity contribution < 1.29 is 9.90 Å². The van der Waals surface area contributed by atoms with Gasteiger partial charge in [-0.25, -0.2) is 0 Å². The fourth-order valence-corrected chi connectivity index (χ4v) is 4.40. The van der Waals surface area contributed by atoms with Gasteiger partial charge in [0.25, 0.3) is 0 Å². The highest BCUT2D eigenvalue weighted by Crippen LogP contribution is 2.33. The minimum absolute atomic E-state index is 0.158. The number of hydrogen-bond donors (Lipinski definition) is 2. The number of fused-ring (bicyclic) bond motifs is 1. The molecule has 0 aromatic carbocycles. The molecule has 0 saturated carbocycles. The highest BCUT2D eigenvalue weighted by Gasteiger charge is 2.28. The van der Waals surface area contributed by atoms with Crippen LogP contribution in [-0.2, 0) is 11.3 Å². The highest BCUT2D eigenvalue weighted by molar-refractivity contribution is 5.80. The summed E-state index contributed by atoms with van der Waals surface area (Å²) in [6.45, 7) is 6.01. The summed E-state index contributed by atoms with van der Waals surface area (Å²) in [6, 6.07) is 4.05. The summed E-state index contributed by atoms with van der Waals surface area (Å²) < 4.78 is 0. The van der Waals surface area contributed by atoms with Crippen LogP contribution in [-0.4, -0.2) is 63.1 Å². The lowest BCUT2D eigenvalue weighted by molar-refractivity contribution is -0.130. The summed E-state index contributed by atoms with van der Waals surface area (Å²) in [6.07, 6.45) is 5.52. The number of nitrogens with zero attached hydrogens (tertiary/aromatic N) is 3. The van der Waals surface area contributed by atoms with Gasteiger partial charge in [-0.1, -0.05) is 0 Å². The van der Waals surface area contributed by atoms with Crippen LogP contribution < -0.4 is 0 Å². The van der Waals surface area contributed by atoms with Crippen molar-refractivity contribution in [3.63, 3.8) is 0 Å². The third kappa shape index (κ3) is 3.48. The van der Waals surface area contributed by atoms with E-state index in [1.807, 2.05) is 17.2 Å². The number of rotatable bonds is 3. The predicted molar refractivity (Wildman–Crippen MR) is 101 cm³/mol. The number of hydrogen-bond acceptors (Lipinski definition) is 4. The lowest BCUT2D eigenvalue weighted by atomic mass is 9.92. The number of aromatic nitrogens is 2. The fraction of sp³-hybridized carbons (Fsp3) is 0.600. The molecule has 0 spiro atoms. The van der Waals surface area contributed by atoms with Gasteiger partial charge >= 0.3 is 0 Å². The van der Waals surface area contributed by atoms with E-state index in [-0.39, 0.29) is 12.0 Å². The molecule has 0 radical (unpaired) electrons. The Bertz CT molecular complexity index is 779. The van der Waals surface area contributed by atoms with Crippen LogP contribution in [0.1, 0.15) is 49.8 Å². The molecule has 2 fully saturated rings. The van der Waals surface area contributed by atoms with Crippen LogP contribution in [0.5, 0.6) is 0 Å². The Morgan fingerprint density at radius 2 is 2.12 bits per heavy atom. The highest BCUT2D eigenvalue weighted by atomic mass is 16.3. The zero-order valence-electron chi connectivity index (χ0n) is 15.4. The summed E-state index contributed by atoms with van der Waals surface area (Å²) >= 11 is 0. The smallest absolute Gasteiger partial charge is 0.219 e. The second-order valence-corrected chi connectivity index (χ2v) is 7.73. The zero-order valence-corrected chi connectivity index (χ0v) is 15.4. The summed E-state index contributed by atoms with van der Waals surface area (Å²) in [7, 11) is 0. The van der Waals surface area contributed by atoms with Crippen molar-refractivity contribution in [2.24, 2.45) is 0 Å². The van der Waals surface area contributed by atoms with Gasteiger partial charge < -0.3 is 15.0 Å². The van der Waals surface area contributed by atoms with Crippen molar-refractivity contribution in [1.29, 1.82) is 0 Å². The van der Waals surface area contributed by atoms with Gasteiger partial charge in [-0.2, -0.15) is 0 Å². The molecule has 2 aliphatic rings. The maximum atomic E-state index is 11.9. The van der Waals surface area contributed by atoms with Gasteiger partial charge in [0.2, 0.25) is 5.91 Å². The Morgan fingerprint density at radius 3 is 2.88 bits per heavy atom. The van der Waals surface area contributed by atoms with Gasteiger partial charge in [0.1, 0.15) is 0 Å². The molecule has 0 bridgehead atoms. The summed E-state index contributed by atoms with van der Waals surface area (Å²) in [4.78, 5) is 24.5. The van der Waals surface area contributed by atoms with E-state index in [2.05, 4.69) is 20.9 Å². The van der Waals surface area contributed by atoms with Gasteiger partial charge in [0.05, 0.1) is 17.1 Å². The molecule has 2 N–H and O–H groups in total. The lowest BCUT2D eigenvalue weighted by Crippen LogP contribution is -2.38. The average molecular weight is 356 g/mol. The van der Waals surface area contributed by atoms with Crippen molar-refractivity contribution in [2.45, 2.75) is 51.2 Å². The second kappa shape index (κ2) is 7.37. The van der Waals surface area contributed by atoms with E-state index < -0.39 is 0 Å². The number of H-pyrrole nitrogens is 1. The number of pyridine rings is 1. The average Bonchev–Trinajstić information content (AvgIpc) is 3.02. The SMILES string of the molecule is CC(=O)N1CCC[C@@H](c2[nH]c3cccnc3c2CN2CCC(O)CC2)C1. The van der Waals surface area contributed by atoms with Gasteiger partial charge in [-0.05, 0) is 37.8 Å². The van der Waals surface area contributed by atoms with Gasteiger partial charge in [-0.3, -0.25) is 14.7 Å². The largest absolute Gasteiger partial charge is 0.393 e. The van der Waals surface area contributed by atoms with Crippen molar-refractivity contribution in [2.75, 3.05) is 26.2 Å². The molecule has 26 heavy (non-hydrogen) atoms. The van der Waals surface area contributed by atoms with E-state index in [0.29, 0.717) is 5.92 Å². The van der Waals surface area contributed by atoms with Crippen LogP contribution in [0.3, 0.4) is 0 Å². The van der Waals surface area contributed by atoms with Crippen molar-refractivity contribution in [1.82, 2.24) is 19.8 Å². The maximum Gasteiger partial charge on any atom is 0.219 e. The molecule has 4 heterocycles. The van der Waals surface area contributed by atoms with E-state index in [4.69, 9.17) is 0 Å². The van der Waals surface area contributed by atoms with E-state index in [0.717, 1.165) is 69.4 Å². The Hall–Kier alpha value is -1.92. The number of amides is 1. The van der Waals surface area contributed by atoms with Crippen LogP contribution in [0, 0.1) is 0 Å². The Kier molecular flexibility index (Phi) is 4.96. The van der Waals surface area contributed by atoms with Crippen LogP contribution in [0.25, 0.3) is 11.0 Å². The summed E-state index contributed by atoms with van der Waals surface area (Å²) in [5.41, 5.74) is 4.64. The zero-order chi connectivity index (χ0) is 18.1. The second-order valence-electron chi connectivity index (χ2n) is 7.73. The molecule has 2 aliphatic heterocycles. The van der Waals surface area contributed by atoms with E-state index >= 15 is 0 Å². The third-order valence-electron chi connectivity index (χ3n) is 5.90. The van der Waals surface area contributed by atoms with Crippen molar-refractivity contribution >= 4 is 16.9 Å². The fourth-order valence-electron chi connectivity index (χ4n) is 4.40. The molecule has 2 aromatic heterocycles. The molecule has 0 unspecified atom stereocenters. The number of carbonyl (C=O) groups excluding carboxylic acids is 1. The number of piperidine rings is 2. The number of nitrogens with one attached hydrogen (secondary N) is 1. The predicted octanol–water partition coefficient (Wildman–Crippen LogP) is 2.25. The van der Waals surface area contributed by atoms with Gasteiger partial charge in [0.15, 0.2) is 0 Å². The van der Waals surface area contributed by atoms with E-state index in [1.165, 1.54) is 11.3 Å². The Morgan fingerprint density at radius 1 is 1.31 bits per heavy atom. The molecule has 2 aromatic rings. The monoisotopic (exact) mass is 356 g/mol. The molecule has 1 atom stereocenters. The first kappa shape index (κ1) is 17.5. The molecular formula is C20H28N4O2. The minimum atomic E-state index is -0.158. The van der Waals surface area contributed by atoms with Crippen LogP contribution in [0.15, 0.2) is 18.3 Å². The van der Waals surface area contributed by atoms with Crippen LogP contribution in [0.4, 0.5) is 0 Å². The van der Waals surface area contributed by atoms with Gasteiger partial charge in [0, 0.05) is 63.0 Å². The Balaban J connectivity index is 1.64. The first-order chi connectivity index (χ1) is 12.6. The Labute approximate surface area is 154 Å². The number of likely N-dealkylation sites (tertiary alicyclic amines) is 2. The van der Waals surface area contributed by atoms with Crippen LogP contribution in [0.2, 0.25) is 0 Å². The standard InChI is InChI=1S/C20H28N4O2/c1-14(25)24-9-3-4-15(12-24)19-17(13-23-10-6-16(26)7-11-23)20-18(22-19)5-2-8-21-20/h2,5,8,15-16,22,26H,3-4,6-7,9-13H2,1H3/t15-/m1/s1. The van der Waals surface area contributed by atoms with Crippen molar-refractivity contribution in [3.8, 4) is 0 Å². The van der Waals surface area contributed by atoms with E-state index in [1.54, 1.807) is 6.92 Å². The summed E-state index contributed by atoms with van der Waals surface area (Å²) in [5.74, 6) is 0.503. The molecule has 4 rings (SSSR count). The van der Waals surface area contributed by atoms with E-state index in [9.17, 15) is 9.90 Å². The molecule has 140 valence electrons. The molecule has 6 heteroatoms. The number of aliphatic hydroxyl groups excluding tert-OH is 1. The minimum Gasteiger partial charge on any atom is -0.393 e. The topological polar surface area (TPSA) is 72.5 Å². The first-order valence-corrected chi connectivity index (χ1v) is 9.73.